The molecule has 0 amide bonds. The third-order valence-electron chi connectivity index (χ3n) is 0.386. The zero-order chi connectivity index (χ0) is 6.78. The summed E-state index contributed by atoms with van der Waals surface area (Å²) >= 11 is 4.38. The molecular weight excluding hydrogens is 147 g/mol. The second kappa shape index (κ2) is 2.53. The van der Waals surface area contributed by atoms with E-state index in [0.29, 0.717) is 0 Å². The van der Waals surface area contributed by atoms with Crippen LogP contribution < -0.4 is 0 Å². The van der Waals surface area contributed by atoms with E-state index in [9.17, 15) is 17.6 Å². The van der Waals surface area contributed by atoms with E-state index in [1.165, 1.54) is 0 Å². The van der Waals surface area contributed by atoms with E-state index in [1.54, 1.807) is 0 Å². The molecule has 0 saturated heterocycles. The maximum atomic E-state index is 11.2. The van der Waals surface area contributed by atoms with Gasteiger partial charge in [-0.05, 0) is 0 Å². The predicted molar refractivity (Wildman–Crippen MR) is 21.4 cm³/mol. The van der Waals surface area contributed by atoms with Gasteiger partial charge in [0.2, 0.25) is 0 Å². The molecule has 0 saturated carbocycles. The van der Waals surface area contributed by atoms with Crippen molar-refractivity contribution in [3.63, 3.8) is 0 Å². The first-order valence-electron chi connectivity index (χ1n) is 1.77. The Labute approximate surface area is 48.4 Å². The lowest BCUT2D eigenvalue weighted by Crippen LogP contribution is -2.11. The molecule has 0 aliphatic heterocycles. The van der Waals surface area contributed by atoms with Crippen molar-refractivity contribution in [3.8, 4) is 0 Å². The summed E-state index contributed by atoms with van der Waals surface area (Å²) in [5.74, 6) is 0. The van der Waals surface area contributed by atoms with Gasteiger partial charge < -0.3 is 0 Å². The zero-order valence-electron chi connectivity index (χ0n) is 3.67. The summed E-state index contributed by atoms with van der Waals surface area (Å²) in [6.07, 6.45) is -6.06. The normalized spacial score (nSPS) is 16.1. The molecule has 0 spiro atoms. The minimum absolute atomic E-state index is 1.57. The number of halogens is 5. The van der Waals surface area contributed by atoms with Crippen LogP contribution in [0.2, 0.25) is 0 Å². The largest absolute Gasteiger partial charge is 0.393 e. The van der Waals surface area contributed by atoms with Crippen LogP contribution in [0, 0.1) is 0 Å². The molecule has 1 unspecified atom stereocenters. The van der Waals surface area contributed by atoms with E-state index in [2.05, 4.69) is 11.6 Å². The standard InChI is InChI=1S/C3H3ClF4/c4-2(5)1-3(6,7)8/h2H,1H2. The molecule has 0 heterocycles. The molecule has 0 fully saturated rings. The van der Waals surface area contributed by atoms with E-state index >= 15 is 0 Å². The van der Waals surface area contributed by atoms with Crippen LogP contribution in [0.15, 0.2) is 0 Å². The average molecular weight is 151 g/mol. The van der Waals surface area contributed by atoms with Gasteiger partial charge in [-0.2, -0.15) is 13.2 Å². The molecule has 0 aromatic rings. The lowest BCUT2D eigenvalue weighted by molar-refractivity contribution is -0.140. The smallest absolute Gasteiger partial charge is 0.230 e. The van der Waals surface area contributed by atoms with Gasteiger partial charge >= 0.3 is 6.18 Å². The highest BCUT2D eigenvalue weighted by Gasteiger charge is 2.30. The van der Waals surface area contributed by atoms with E-state index < -0.39 is 18.2 Å². The van der Waals surface area contributed by atoms with Crippen molar-refractivity contribution in [1.82, 2.24) is 0 Å². The van der Waals surface area contributed by atoms with Crippen molar-refractivity contribution in [3.05, 3.63) is 0 Å². The molecule has 0 aliphatic rings. The topological polar surface area (TPSA) is 0 Å². The summed E-state index contributed by atoms with van der Waals surface area (Å²) in [6.45, 7) is 0. The highest BCUT2D eigenvalue weighted by atomic mass is 35.5. The monoisotopic (exact) mass is 150 g/mol. The molecular formula is C3H3ClF4. The Bertz CT molecular complexity index is 66.2. The zero-order valence-corrected chi connectivity index (χ0v) is 4.43. The molecule has 0 rings (SSSR count). The molecule has 0 radical (unpaired) electrons. The fourth-order valence-corrected chi connectivity index (χ4v) is 0.350. The summed E-state index contributed by atoms with van der Waals surface area (Å²) in [6, 6.07) is 0. The van der Waals surface area contributed by atoms with E-state index in [1.807, 2.05) is 0 Å². The minimum atomic E-state index is -4.48. The van der Waals surface area contributed by atoms with E-state index in [-0.39, 0.29) is 0 Å². The van der Waals surface area contributed by atoms with Crippen LogP contribution in [-0.4, -0.2) is 11.8 Å². The van der Waals surface area contributed by atoms with E-state index in [0.717, 1.165) is 0 Å². The maximum Gasteiger partial charge on any atom is 0.393 e. The second-order valence-corrected chi connectivity index (χ2v) is 1.68. The highest BCUT2D eigenvalue weighted by Crippen LogP contribution is 2.24. The predicted octanol–water partition coefficient (Wildman–Crippen LogP) is 2.47. The lowest BCUT2D eigenvalue weighted by Gasteiger charge is -2.03. The Hall–Kier alpha value is 0.01000. The van der Waals surface area contributed by atoms with Crippen molar-refractivity contribution in [2.75, 3.05) is 0 Å². The summed E-state index contributed by atoms with van der Waals surface area (Å²) in [5.41, 5.74) is -2.31. The summed E-state index contributed by atoms with van der Waals surface area (Å²) in [5, 5.41) is 0. The Morgan fingerprint density at radius 3 is 1.75 bits per heavy atom. The first-order valence-corrected chi connectivity index (χ1v) is 2.20. The quantitative estimate of drug-likeness (QED) is 0.398. The Kier molecular flexibility index (Phi) is 2.53. The first-order chi connectivity index (χ1) is 3.42. The van der Waals surface area contributed by atoms with Crippen LogP contribution in [-0.2, 0) is 0 Å². The molecule has 0 nitrogen and oxygen atoms in total. The van der Waals surface area contributed by atoms with Crippen LogP contribution >= 0.6 is 11.6 Å². The fraction of sp³-hybridized carbons (Fsp3) is 1.00. The summed E-state index contributed by atoms with van der Waals surface area (Å²) in [4.78, 5) is 0. The van der Waals surface area contributed by atoms with Crippen molar-refractivity contribution >= 4 is 11.6 Å². The van der Waals surface area contributed by atoms with Crippen LogP contribution in [0.1, 0.15) is 6.42 Å². The molecule has 0 N–H and O–H groups in total. The van der Waals surface area contributed by atoms with Gasteiger partial charge in [0.05, 0.1) is 6.42 Å². The lowest BCUT2D eigenvalue weighted by atomic mass is 10.5. The van der Waals surface area contributed by atoms with Crippen molar-refractivity contribution in [2.45, 2.75) is 18.2 Å². The molecule has 0 aromatic carbocycles. The van der Waals surface area contributed by atoms with Gasteiger partial charge in [0, 0.05) is 0 Å². The Balaban J connectivity index is 3.39. The fourth-order valence-electron chi connectivity index (χ4n) is 0.175. The average Bonchev–Trinajstić information content (AvgIpc) is 1.21. The van der Waals surface area contributed by atoms with Gasteiger partial charge in [0.1, 0.15) is 0 Å². The molecule has 1 atom stereocenters. The van der Waals surface area contributed by atoms with Gasteiger partial charge in [0.25, 0.3) is 0 Å². The van der Waals surface area contributed by atoms with Crippen LogP contribution in [0.25, 0.3) is 0 Å². The van der Waals surface area contributed by atoms with Gasteiger partial charge in [-0.1, -0.05) is 11.6 Å². The molecule has 50 valence electrons. The molecule has 0 bridgehead atoms. The Morgan fingerprint density at radius 1 is 1.38 bits per heavy atom. The van der Waals surface area contributed by atoms with E-state index in [4.69, 9.17) is 0 Å². The summed E-state index contributed by atoms with van der Waals surface area (Å²) < 4.78 is 44.2. The summed E-state index contributed by atoms with van der Waals surface area (Å²) in [7, 11) is 0. The molecule has 0 aromatic heterocycles. The van der Waals surface area contributed by atoms with Gasteiger partial charge in [0.15, 0.2) is 5.63 Å². The third kappa shape index (κ3) is 6.01. The second-order valence-electron chi connectivity index (χ2n) is 1.21. The van der Waals surface area contributed by atoms with Gasteiger partial charge in [-0.3, -0.25) is 0 Å². The van der Waals surface area contributed by atoms with Crippen LogP contribution in [0.5, 0.6) is 0 Å². The minimum Gasteiger partial charge on any atom is -0.230 e. The molecule has 8 heavy (non-hydrogen) atoms. The number of rotatable bonds is 1. The number of hydrogen-bond acceptors (Lipinski definition) is 0. The van der Waals surface area contributed by atoms with Crippen molar-refractivity contribution in [2.24, 2.45) is 0 Å². The maximum absolute atomic E-state index is 11.2. The van der Waals surface area contributed by atoms with Crippen LogP contribution in [0.4, 0.5) is 17.6 Å². The number of alkyl halides is 5. The highest BCUT2D eigenvalue weighted by molar-refractivity contribution is 6.19. The van der Waals surface area contributed by atoms with Crippen molar-refractivity contribution in [1.29, 1.82) is 0 Å². The van der Waals surface area contributed by atoms with Crippen molar-refractivity contribution < 1.29 is 17.6 Å². The first kappa shape index (κ1) is 8.01. The van der Waals surface area contributed by atoms with Crippen LogP contribution in [0.3, 0.4) is 0 Å². The SMILES string of the molecule is FC(Cl)CC(F)(F)F. The molecule has 0 aliphatic carbocycles. The molecule has 5 heteroatoms. The Morgan fingerprint density at radius 2 is 1.75 bits per heavy atom. The number of hydrogen-bond donors (Lipinski definition) is 0. The van der Waals surface area contributed by atoms with Gasteiger partial charge in [-0.25, -0.2) is 4.39 Å². The van der Waals surface area contributed by atoms with Gasteiger partial charge in [-0.15, -0.1) is 0 Å². The third-order valence-corrected chi connectivity index (χ3v) is 0.540.